The zero-order chi connectivity index (χ0) is 12.2. The Bertz CT molecular complexity index is 428. The maximum atomic E-state index is 11.9. The first-order valence-electron chi connectivity index (χ1n) is 5.17. The Labute approximate surface area is 105 Å². The molecule has 1 unspecified atom stereocenters. The Hall–Kier alpha value is -0.390. The van der Waals surface area contributed by atoms with Crippen LogP contribution in [0.5, 0.6) is 0 Å². The summed E-state index contributed by atoms with van der Waals surface area (Å²) in [5.41, 5.74) is 1.06. The van der Waals surface area contributed by atoms with Crippen molar-refractivity contribution >= 4 is 26.0 Å². The number of hydrogen-bond acceptors (Lipinski definition) is 2. The molecule has 0 saturated heterocycles. The molecule has 0 fully saturated rings. The van der Waals surface area contributed by atoms with E-state index in [4.69, 9.17) is 0 Å². The highest BCUT2D eigenvalue weighted by molar-refractivity contribution is 9.08. The van der Waals surface area contributed by atoms with Gasteiger partial charge in [0, 0.05) is 11.4 Å². The van der Waals surface area contributed by atoms with Crippen LogP contribution in [0.4, 0.5) is 0 Å². The summed E-state index contributed by atoms with van der Waals surface area (Å²) in [6, 6.07) is 6.82. The van der Waals surface area contributed by atoms with Gasteiger partial charge in [-0.05, 0) is 31.0 Å². The summed E-state index contributed by atoms with van der Waals surface area (Å²) in [5, 5.41) is 0.728. The van der Waals surface area contributed by atoms with Gasteiger partial charge in [0.2, 0.25) is 10.0 Å². The number of hydrogen-bond donors (Lipinski definition) is 1. The van der Waals surface area contributed by atoms with Gasteiger partial charge in [0.15, 0.2) is 0 Å². The summed E-state index contributed by atoms with van der Waals surface area (Å²) in [4.78, 5) is 0.317. The first kappa shape index (κ1) is 13.7. The van der Waals surface area contributed by atoms with Gasteiger partial charge in [-0.25, -0.2) is 13.1 Å². The molecule has 0 aliphatic carbocycles. The minimum absolute atomic E-state index is 0.0409. The fourth-order valence-electron chi connectivity index (χ4n) is 1.17. The fraction of sp³-hybridized carbons (Fsp3) is 0.455. The second-order valence-corrected chi connectivity index (χ2v) is 5.98. The van der Waals surface area contributed by atoms with Crippen molar-refractivity contribution in [3.05, 3.63) is 29.8 Å². The SMILES string of the molecule is CCC(C)NS(=O)(=O)c1ccc(CBr)cc1. The molecule has 0 bridgehead atoms. The fourth-order valence-corrected chi connectivity index (χ4v) is 2.87. The van der Waals surface area contributed by atoms with Crippen LogP contribution in [-0.2, 0) is 15.4 Å². The summed E-state index contributed by atoms with van der Waals surface area (Å²) in [6.07, 6.45) is 0.777. The molecular weight excluding hydrogens is 290 g/mol. The van der Waals surface area contributed by atoms with Gasteiger partial charge in [0.05, 0.1) is 4.90 Å². The average Bonchev–Trinajstić information content (AvgIpc) is 2.28. The average molecular weight is 306 g/mol. The molecule has 0 amide bonds. The molecule has 0 aromatic heterocycles. The topological polar surface area (TPSA) is 46.2 Å². The van der Waals surface area contributed by atoms with Crippen LogP contribution in [0.2, 0.25) is 0 Å². The van der Waals surface area contributed by atoms with Crippen LogP contribution in [0.3, 0.4) is 0 Å². The first-order valence-corrected chi connectivity index (χ1v) is 7.77. The smallest absolute Gasteiger partial charge is 0.208 e. The molecule has 1 atom stereocenters. The Balaban J connectivity index is 2.90. The molecule has 0 aliphatic rings. The minimum Gasteiger partial charge on any atom is -0.208 e. The molecule has 0 aliphatic heterocycles. The highest BCUT2D eigenvalue weighted by Gasteiger charge is 2.15. The van der Waals surface area contributed by atoms with Gasteiger partial charge in [-0.15, -0.1) is 0 Å². The number of halogens is 1. The quantitative estimate of drug-likeness (QED) is 0.850. The number of alkyl halides is 1. The summed E-state index contributed by atoms with van der Waals surface area (Å²) < 4.78 is 26.4. The van der Waals surface area contributed by atoms with Gasteiger partial charge in [-0.3, -0.25) is 0 Å². The van der Waals surface area contributed by atoms with Gasteiger partial charge in [-0.2, -0.15) is 0 Å². The lowest BCUT2D eigenvalue weighted by atomic mass is 10.2. The van der Waals surface area contributed by atoms with E-state index in [1.165, 1.54) is 0 Å². The van der Waals surface area contributed by atoms with Crippen LogP contribution in [-0.4, -0.2) is 14.5 Å². The van der Waals surface area contributed by atoms with Crippen molar-refractivity contribution in [2.24, 2.45) is 0 Å². The summed E-state index contributed by atoms with van der Waals surface area (Å²) >= 11 is 3.32. The van der Waals surface area contributed by atoms with Crippen LogP contribution in [0.1, 0.15) is 25.8 Å². The molecular formula is C11H16BrNO2S. The third-order valence-corrected chi connectivity index (χ3v) is 4.61. The van der Waals surface area contributed by atoms with E-state index in [1.807, 2.05) is 13.8 Å². The van der Waals surface area contributed by atoms with E-state index in [9.17, 15) is 8.42 Å². The molecule has 1 aromatic rings. The molecule has 1 N–H and O–H groups in total. The van der Waals surface area contributed by atoms with Crippen molar-refractivity contribution in [2.75, 3.05) is 0 Å². The van der Waals surface area contributed by atoms with Gasteiger partial charge in [0.25, 0.3) is 0 Å². The second kappa shape index (κ2) is 5.80. The predicted octanol–water partition coefficient (Wildman–Crippen LogP) is 2.66. The van der Waals surface area contributed by atoms with Crippen molar-refractivity contribution in [3.8, 4) is 0 Å². The number of rotatable bonds is 5. The zero-order valence-electron chi connectivity index (χ0n) is 9.40. The molecule has 1 rings (SSSR count). The Kier molecular flexibility index (Phi) is 4.95. The Morgan fingerprint density at radius 1 is 1.31 bits per heavy atom. The van der Waals surface area contributed by atoms with E-state index in [0.717, 1.165) is 17.3 Å². The Morgan fingerprint density at radius 3 is 2.31 bits per heavy atom. The van der Waals surface area contributed by atoms with E-state index < -0.39 is 10.0 Å². The molecule has 90 valence electrons. The number of benzene rings is 1. The molecule has 0 saturated carbocycles. The lowest BCUT2D eigenvalue weighted by Gasteiger charge is -2.12. The molecule has 16 heavy (non-hydrogen) atoms. The molecule has 0 radical (unpaired) electrons. The Morgan fingerprint density at radius 2 is 1.88 bits per heavy atom. The summed E-state index contributed by atoms with van der Waals surface area (Å²) in [5.74, 6) is 0. The largest absolute Gasteiger partial charge is 0.240 e. The van der Waals surface area contributed by atoms with E-state index in [1.54, 1.807) is 24.3 Å². The van der Waals surface area contributed by atoms with Crippen molar-refractivity contribution in [2.45, 2.75) is 36.5 Å². The normalized spacial score (nSPS) is 13.7. The number of sulfonamides is 1. The first-order chi connectivity index (χ1) is 7.49. The molecule has 5 heteroatoms. The van der Waals surface area contributed by atoms with E-state index in [0.29, 0.717) is 4.90 Å². The van der Waals surface area contributed by atoms with E-state index >= 15 is 0 Å². The van der Waals surface area contributed by atoms with Crippen LogP contribution < -0.4 is 4.72 Å². The van der Waals surface area contributed by atoms with Crippen LogP contribution in [0.25, 0.3) is 0 Å². The molecule has 3 nitrogen and oxygen atoms in total. The third-order valence-electron chi connectivity index (χ3n) is 2.36. The molecule has 0 spiro atoms. The van der Waals surface area contributed by atoms with Gasteiger partial charge < -0.3 is 0 Å². The third kappa shape index (κ3) is 3.57. The van der Waals surface area contributed by atoms with Crippen LogP contribution in [0, 0.1) is 0 Å². The van der Waals surface area contributed by atoms with Gasteiger partial charge >= 0.3 is 0 Å². The maximum Gasteiger partial charge on any atom is 0.240 e. The van der Waals surface area contributed by atoms with Crippen molar-refractivity contribution in [1.29, 1.82) is 0 Å². The summed E-state index contributed by atoms with van der Waals surface area (Å²) in [6.45, 7) is 3.80. The van der Waals surface area contributed by atoms with Gasteiger partial charge in [-0.1, -0.05) is 35.0 Å². The maximum absolute atomic E-state index is 11.9. The lowest BCUT2D eigenvalue weighted by Crippen LogP contribution is -2.31. The highest BCUT2D eigenvalue weighted by atomic mass is 79.9. The van der Waals surface area contributed by atoms with Crippen molar-refractivity contribution < 1.29 is 8.42 Å². The second-order valence-electron chi connectivity index (χ2n) is 3.71. The van der Waals surface area contributed by atoms with E-state index in [-0.39, 0.29) is 6.04 Å². The van der Waals surface area contributed by atoms with E-state index in [2.05, 4.69) is 20.7 Å². The predicted molar refractivity (Wildman–Crippen MR) is 69.1 cm³/mol. The van der Waals surface area contributed by atoms with Crippen LogP contribution >= 0.6 is 15.9 Å². The lowest BCUT2D eigenvalue weighted by molar-refractivity contribution is 0.556. The summed E-state index contributed by atoms with van der Waals surface area (Å²) in [7, 11) is -3.36. The minimum atomic E-state index is -3.36. The van der Waals surface area contributed by atoms with Crippen molar-refractivity contribution in [1.82, 2.24) is 4.72 Å². The molecule has 1 aromatic carbocycles. The van der Waals surface area contributed by atoms with Crippen molar-refractivity contribution in [3.63, 3.8) is 0 Å². The highest BCUT2D eigenvalue weighted by Crippen LogP contribution is 2.13. The van der Waals surface area contributed by atoms with Crippen LogP contribution in [0.15, 0.2) is 29.2 Å². The number of nitrogens with one attached hydrogen (secondary N) is 1. The molecule has 0 heterocycles. The monoisotopic (exact) mass is 305 g/mol. The van der Waals surface area contributed by atoms with Gasteiger partial charge in [0.1, 0.15) is 0 Å². The standard InChI is InChI=1S/C11H16BrNO2S/c1-3-9(2)13-16(14,15)11-6-4-10(8-12)5-7-11/h4-7,9,13H,3,8H2,1-2H3. The zero-order valence-corrected chi connectivity index (χ0v) is 11.8.